The van der Waals surface area contributed by atoms with Gasteiger partial charge in [0.15, 0.2) is 0 Å². The van der Waals surface area contributed by atoms with Crippen LogP contribution in [0.1, 0.15) is 85.7 Å². The third kappa shape index (κ3) is 7.34. The molecule has 5 rings (SSSR count). The number of ether oxygens (including phenoxy) is 1. The third-order valence-corrected chi connectivity index (χ3v) is 9.63. The molecule has 10 heteroatoms. The Morgan fingerprint density at radius 2 is 1.78 bits per heavy atom. The van der Waals surface area contributed by atoms with Crippen LogP contribution in [0, 0.1) is 40.8 Å². The van der Waals surface area contributed by atoms with E-state index in [0.29, 0.717) is 35.8 Å². The Morgan fingerprint density at radius 1 is 1.02 bits per heavy atom. The number of nitriles is 1. The van der Waals surface area contributed by atoms with E-state index < -0.39 is 35.4 Å². The number of aryl methyl sites for hydroxylation is 1. The van der Waals surface area contributed by atoms with Crippen molar-refractivity contribution in [1.82, 2.24) is 5.32 Å². The second-order valence-corrected chi connectivity index (χ2v) is 12.5. The van der Waals surface area contributed by atoms with Gasteiger partial charge in [0, 0.05) is 24.1 Å². The molecule has 3 saturated carbocycles. The molecule has 0 radical (unpaired) electrons. The Bertz CT molecular complexity index is 1480. The van der Waals surface area contributed by atoms with Crippen LogP contribution in [0.5, 0.6) is 5.75 Å². The number of alkyl halides is 3. The summed E-state index contributed by atoms with van der Waals surface area (Å²) in [6.45, 7) is 0. The number of rotatable bonds is 12. The van der Waals surface area contributed by atoms with Crippen molar-refractivity contribution < 1.29 is 31.9 Å². The average molecular weight is 626 g/mol. The molecule has 4 atom stereocenters. The van der Waals surface area contributed by atoms with Gasteiger partial charge in [-0.1, -0.05) is 37.0 Å². The van der Waals surface area contributed by atoms with Crippen LogP contribution >= 0.6 is 0 Å². The molecule has 2 aromatic rings. The van der Waals surface area contributed by atoms with Gasteiger partial charge in [-0.05, 0) is 92.7 Å². The standard InChI is InChI=1S/C35H39F4N3O3/c1-45-30-16-11-22(8-5-3-2-4-6-17-40)19-27(30)33(43)42-32-25-14-13-24(26(25)18-21-9-7-10-21)31(32)34(44)41-23-12-15-29(36)28(20-23)35(37,38)39/h11-12,15-16,18-21,24-25,31-32H,2-10,13-14H2,1H3,(H,41,44)(H,42,43)/b26-18-. The molecule has 0 heterocycles. The number of allylic oxidation sites excluding steroid dienone is 1. The second kappa shape index (κ2) is 14.1. The van der Waals surface area contributed by atoms with Gasteiger partial charge in [0.05, 0.1) is 30.2 Å². The SMILES string of the molecule is COc1ccc(CCCCCCC#N)cc1C(=O)NC1C2CCC(/C2=C/C2CCC2)C1C(=O)Nc1ccc(F)c(C(F)(F)F)c1. The van der Waals surface area contributed by atoms with Crippen LogP contribution in [0.2, 0.25) is 0 Å². The molecule has 3 aliphatic carbocycles. The summed E-state index contributed by atoms with van der Waals surface area (Å²) in [6.07, 6.45) is 7.26. The van der Waals surface area contributed by atoms with Crippen LogP contribution in [0.4, 0.5) is 23.2 Å². The van der Waals surface area contributed by atoms with Crippen LogP contribution in [0.3, 0.4) is 0 Å². The number of fused-ring (bicyclic) bond motifs is 2. The van der Waals surface area contributed by atoms with Crippen LogP contribution in [-0.2, 0) is 17.4 Å². The summed E-state index contributed by atoms with van der Waals surface area (Å²) in [5, 5.41) is 14.4. The zero-order valence-corrected chi connectivity index (χ0v) is 25.4. The number of unbranched alkanes of at least 4 members (excludes halogenated alkanes) is 4. The van der Waals surface area contributed by atoms with Crippen molar-refractivity contribution in [2.75, 3.05) is 12.4 Å². The number of benzene rings is 2. The maximum absolute atomic E-state index is 13.9. The fourth-order valence-electron chi connectivity index (χ4n) is 7.15. The quantitative estimate of drug-likeness (QED) is 0.142. The van der Waals surface area contributed by atoms with E-state index in [1.807, 2.05) is 12.1 Å². The summed E-state index contributed by atoms with van der Waals surface area (Å²) in [5.41, 5.74) is 0.897. The lowest BCUT2D eigenvalue weighted by atomic mass is 9.82. The first-order valence-corrected chi connectivity index (χ1v) is 15.8. The molecule has 3 fully saturated rings. The highest BCUT2D eigenvalue weighted by molar-refractivity contribution is 5.99. The molecule has 0 aromatic heterocycles. The number of nitrogens with zero attached hydrogens (tertiary/aromatic N) is 1. The number of nitrogens with one attached hydrogen (secondary N) is 2. The molecule has 0 saturated heterocycles. The number of anilines is 1. The molecule has 240 valence electrons. The molecule has 3 aliphatic rings. The van der Waals surface area contributed by atoms with E-state index in [4.69, 9.17) is 10.00 Å². The van der Waals surface area contributed by atoms with Crippen molar-refractivity contribution in [3.63, 3.8) is 0 Å². The highest BCUT2D eigenvalue weighted by atomic mass is 19.4. The summed E-state index contributed by atoms with van der Waals surface area (Å²) < 4.78 is 59.5. The molecule has 2 N–H and O–H groups in total. The predicted octanol–water partition coefficient (Wildman–Crippen LogP) is 7.99. The van der Waals surface area contributed by atoms with Gasteiger partial charge in [0.1, 0.15) is 11.6 Å². The summed E-state index contributed by atoms with van der Waals surface area (Å²) in [6, 6.07) is 9.53. The smallest absolute Gasteiger partial charge is 0.419 e. The van der Waals surface area contributed by atoms with Gasteiger partial charge >= 0.3 is 6.18 Å². The fourth-order valence-corrected chi connectivity index (χ4v) is 7.15. The van der Waals surface area contributed by atoms with E-state index in [9.17, 15) is 27.2 Å². The zero-order chi connectivity index (χ0) is 32.1. The molecular weight excluding hydrogens is 586 g/mol. The number of carbonyl (C=O) groups excluding carboxylic acids is 2. The molecule has 2 aromatic carbocycles. The van der Waals surface area contributed by atoms with Crippen molar-refractivity contribution in [3.8, 4) is 11.8 Å². The molecule has 4 unspecified atom stereocenters. The number of carbonyl (C=O) groups is 2. The first-order chi connectivity index (χ1) is 21.6. The summed E-state index contributed by atoms with van der Waals surface area (Å²) in [5.74, 6) is -2.33. The molecule has 6 nitrogen and oxygen atoms in total. The lowest BCUT2D eigenvalue weighted by Crippen LogP contribution is -2.48. The maximum Gasteiger partial charge on any atom is 0.419 e. The lowest BCUT2D eigenvalue weighted by molar-refractivity contribution is -0.140. The van der Waals surface area contributed by atoms with Crippen LogP contribution in [0.15, 0.2) is 48.0 Å². The molecule has 0 aliphatic heterocycles. The number of hydrogen-bond acceptors (Lipinski definition) is 4. The number of amides is 2. The van der Waals surface area contributed by atoms with Gasteiger partial charge in [0.2, 0.25) is 5.91 Å². The molecule has 2 amide bonds. The Morgan fingerprint density at radius 3 is 2.47 bits per heavy atom. The number of methoxy groups -OCH3 is 1. The molecule has 45 heavy (non-hydrogen) atoms. The minimum atomic E-state index is -4.91. The normalized spacial score (nSPS) is 23.4. The highest BCUT2D eigenvalue weighted by Crippen LogP contribution is 2.54. The summed E-state index contributed by atoms with van der Waals surface area (Å²) in [7, 11) is 1.49. The minimum absolute atomic E-state index is 0.0585. The van der Waals surface area contributed by atoms with Crippen molar-refractivity contribution in [2.24, 2.45) is 23.7 Å². The van der Waals surface area contributed by atoms with Gasteiger partial charge in [-0.25, -0.2) is 4.39 Å². The van der Waals surface area contributed by atoms with Crippen molar-refractivity contribution in [3.05, 3.63) is 70.6 Å². The first-order valence-electron chi connectivity index (χ1n) is 15.8. The monoisotopic (exact) mass is 625 g/mol. The fraction of sp³-hybridized carbons (Fsp3) is 0.514. The van der Waals surface area contributed by atoms with Crippen LogP contribution < -0.4 is 15.4 Å². The molecular formula is C35H39F4N3O3. The Balaban J connectivity index is 1.37. The van der Waals surface area contributed by atoms with E-state index in [1.54, 1.807) is 6.07 Å². The van der Waals surface area contributed by atoms with Crippen LogP contribution in [0.25, 0.3) is 0 Å². The van der Waals surface area contributed by atoms with Crippen molar-refractivity contribution in [2.45, 2.75) is 82.8 Å². The highest BCUT2D eigenvalue weighted by Gasteiger charge is 2.55. The van der Waals surface area contributed by atoms with E-state index in [0.717, 1.165) is 81.4 Å². The van der Waals surface area contributed by atoms with E-state index in [2.05, 4.69) is 22.8 Å². The Hall–Kier alpha value is -3.87. The number of hydrogen-bond donors (Lipinski definition) is 2. The molecule has 2 bridgehead atoms. The Kier molecular flexibility index (Phi) is 10.2. The van der Waals surface area contributed by atoms with E-state index in [-0.39, 0.29) is 23.4 Å². The van der Waals surface area contributed by atoms with E-state index in [1.165, 1.54) is 7.11 Å². The van der Waals surface area contributed by atoms with E-state index >= 15 is 0 Å². The first kappa shape index (κ1) is 32.5. The average Bonchev–Trinajstić information content (AvgIpc) is 3.51. The van der Waals surface area contributed by atoms with Crippen molar-refractivity contribution in [1.29, 1.82) is 5.26 Å². The molecule has 0 spiro atoms. The zero-order valence-electron chi connectivity index (χ0n) is 25.4. The summed E-state index contributed by atoms with van der Waals surface area (Å²) in [4.78, 5) is 27.6. The lowest BCUT2D eigenvalue weighted by Gasteiger charge is -2.30. The predicted molar refractivity (Wildman–Crippen MR) is 162 cm³/mol. The third-order valence-electron chi connectivity index (χ3n) is 9.63. The second-order valence-electron chi connectivity index (χ2n) is 12.5. The van der Waals surface area contributed by atoms with Crippen LogP contribution in [-0.4, -0.2) is 25.0 Å². The Labute approximate surface area is 261 Å². The largest absolute Gasteiger partial charge is 0.496 e. The van der Waals surface area contributed by atoms with Gasteiger partial charge in [-0.2, -0.15) is 18.4 Å². The van der Waals surface area contributed by atoms with Gasteiger partial charge < -0.3 is 15.4 Å². The maximum atomic E-state index is 13.9. The topological polar surface area (TPSA) is 91.2 Å². The van der Waals surface area contributed by atoms with Crippen molar-refractivity contribution >= 4 is 17.5 Å². The summed E-state index contributed by atoms with van der Waals surface area (Å²) >= 11 is 0. The van der Waals surface area contributed by atoms with Gasteiger partial charge in [0.25, 0.3) is 5.91 Å². The number of halogens is 4. The minimum Gasteiger partial charge on any atom is -0.496 e. The van der Waals surface area contributed by atoms with Gasteiger partial charge in [-0.3, -0.25) is 9.59 Å². The van der Waals surface area contributed by atoms with Gasteiger partial charge in [-0.15, -0.1) is 0 Å².